The van der Waals surface area contributed by atoms with E-state index in [4.69, 9.17) is 0 Å². The number of anilines is 1. The van der Waals surface area contributed by atoms with E-state index in [-0.39, 0.29) is 11.7 Å². The molecule has 0 saturated carbocycles. The monoisotopic (exact) mass is 278 g/mol. The van der Waals surface area contributed by atoms with Crippen LogP contribution in [0.5, 0.6) is 0 Å². The number of nitrogens with zero attached hydrogens (tertiary/aromatic N) is 1. The number of nitrogens with one attached hydrogen (secondary N) is 1. The van der Waals surface area contributed by atoms with Crippen LogP contribution in [0.2, 0.25) is 0 Å². The highest BCUT2D eigenvalue weighted by atomic mass is 19.1. The first kappa shape index (κ1) is 15.0. The average Bonchev–Trinajstić information content (AvgIpc) is 2.32. The van der Waals surface area contributed by atoms with Crippen LogP contribution < -0.4 is 5.32 Å². The van der Waals surface area contributed by atoms with Gasteiger partial charge in [0, 0.05) is 18.8 Å². The van der Waals surface area contributed by atoms with Gasteiger partial charge in [0.1, 0.15) is 5.82 Å². The second-order valence-electron chi connectivity index (χ2n) is 6.15. The molecule has 0 spiro atoms. The molecule has 0 radical (unpaired) electrons. The summed E-state index contributed by atoms with van der Waals surface area (Å²) in [5.41, 5.74) is 1.11. The molecule has 1 N–H and O–H groups in total. The number of amides is 1. The largest absolute Gasteiger partial charge is 0.325 e. The Morgan fingerprint density at radius 3 is 2.60 bits per heavy atom. The van der Waals surface area contributed by atoms with Crippen molar-refractivity contribution in [3.8, 4) is 0 Å². The highest BCUT2D eigenvalue weighted by Gasteiger charge is 2.23. The molecule has 0 bridgehead atoms. The molecule has 1 amide bonds. The zero-order valence-electron chi connectivity index (χ0n) is 12.4. The Morgan fingerprint density at radius 1 is 1.35 bits per heavy atom. The molecule has 1 fully saturated rings. The van der Waals surface area contributed by atoms with Crippen molar-refractivity contribution in [3.05, 3.63) is 29.6 Å². The number of rotatable bonds is 3. The SMILES string of the molecule is Cc1ccc(NC(=O)CN2C[C@H](C)C[C@@H](C)C2)cc1F. The Balaban J connectivity index is 1.90. The maximum absolute atomic E-state index is 13.4. The van der Waals surface area contributed by atoms with Crippen LogP contribution in [0.15, 0.2) is 18.2 Å². The number of hydrogen-bond acceptors (Lipinski definition) is 2. The van der Waals surface area contributed by atoms with Crippen molar-refractivity contribution >= 4 is 11.6 Å². The van der Waals surface area contributed by atoms with Crippen LogP contribution in [-0.4, -0.2) is 30.4 Å². The van der Waals surface area contributed by atoms with E-state index in [1.54, 1.807) is 19.1 Å². The lowest BCUT2D eigenvalue weighted by molar-refractivity contribution is -0.117. The maximum Gasteiger partial charge on any atom is 0.238 e. The van der Waals surface area contributed by atoms with Crippen LogP contribution in [0, 0.1) is 24.6 Å². The summed E-state index contributed by atoms with van der Waals surface area (Å²) >= 11 is 0. The Bertz CT molecular complexity index is 479. The zero-order valence-corrected chi connectivity index (χ0v) is 12.4. The lowest BCUT2D eigenvalue weighted by Gasteiger charge is -2.34. The molecule has 0 unspecified atom stereocenters. The summed E-state index contributed by atoms with van der Waals surface area (Å²) in [5, 5.41) is 2.77. The number of carbonyl (C=O) groups excluding carboxylic acids is 1. The second kappa shape index (κ2) is 6.35. The third kappa shape index (κ3) is 4.04. The number of aryl methyl sites for hydroxylation is 1. The molecule has 1 aromatic carbocycles. The molecule has 0 aromatic heterocycles. The van der Waals surface area contributed by atoms with Gasteiger partial charge in [-0.25, -0.2) is 4.39 Å². The first-order chi connectivity index (χ1) is 9.44. The van der Waals surface area contributed by atoms with Gasteiger partial charge in [-0.1, -0.05) is 19.9 Å². The quantitative estimate of drug-likeness (QED) is 0.921. The van der Waals surface area contributed by atoms with Crippen LogP contribution >= 0.6 is 0 Å². The van der Waals surface area contributed by atoms with Crippen molar-refractivity contribution in [2.24, 2.45) is 11.8 Å². The second-order valence-corrected chi connectivity index (χ2v) is 6.15. The van der Waals surface area contributed by atoms with E-state index < -0.39 is 0 Å². The Morgan fingerprint density at radius 2 is 2.00 bits per heavy atom. The molecular weight excluding hydrogens is 255 g/mol. The molecule has 1 heterocycles. The van der Waals surface area contributed by atoms with Gasteiger partial charge in [-0.15, -0.1) is 0 Å². The summed E-state index contributed by atoms with van der Waals surface area (Å²) in [7, 11) is 0. The highest BCUT2D eigenvalue weighted by Crippen LogP contribution is 2.20. The van der Waals surface area contributed by atoms with E-state index in [1.165, 1.54) is 12.5 Å². The fraction of sp³-hybridized carbons (Fsp3) is 0.562. The fourth-order valence-electron chi connectivity index (χ4n) is 3.00. The van der Waals surface area contributed by atoms with Crippen LogP contribution in [0.3, 0.4) is 0 Å². The standard InChI is InChI=1S/C16H23FN2O/c1-11-6-12(2)9-19(8-11)10-16(20)18-14-5-4-13(3)15(17)7-14/h4-5,7,11-12H,6,8-10H2,1-3H3,(H,18,20)/t11-,12-/m1/s1. The maximum atomic E-state index is 13.4. The summed E-state index contributed by atoms with van der Waals surface area (Å²) in [5.74, 6) is 0.893. The fourth-order valence-corrected chi connectivity index (χ4v) is 3.00. The van der Waals surface area contributed by atoms with Gasteiger partial charge in [-0.05, 0) is 42.9 Å². The van der Waals surface area contributed by atoms with E-state index in [2.05, 4.69) is 24.1 Å². The van der Waals surface area contributed by atoms with E-state index in [1.807, 2.05) is 0 Å². The molecule has 2 atom stereocenters. The van der Waals surface area contributed by atoms with Crippen LogP contribution in [0.1, 0.15) is 25.8 Å². The molecule has 1 aliphatic rings. The predicted octanol–water partition coefficient (Wildman–Crippen LogP) is 3.05. The molecule has 110 valence electrons. The van der Waals surface area contributed by atoms with Crippen molar-refractivity contribution in [2.75, 3.05) is 25.0 Å². The van der Waals surface area contributed by atoms with Gasteiger partial charge in [0.2, 0.25) is 5.91 Å². The predicted molar refractivity (Wildman–Crippen MR) is 79.2 cm³/mol. The van der Waals surface area contributed by atoms with Crippen molar-refractivity contribution in [1.82, 2.24) is 4.90 Å². The number of likely N-dealkylation sites (tertiary alicyclic amines) is 1. The van der Waals surface area contributed by atoms with Crippen LogP contribution in [0.4, 0.5) is 10.1 Å². The first-order valence-electron chi connectivity index (χ1n) is 7.22. The van der Waals surface area contributed by atoms with E-state index in [0.29, 0.717) is 29.6 Å². The van der Waals surface area contributed by atoms with Crippen LogP contribution in [-0.2, 0) is 4.79 Å². The molecule has 1 aliphatic heterocycles. The zero-order chi connectivity index (χ0) is 14.7. The van der Waals surface area contributed by atoms with Gasteiger partial charge in [-0.3, -0.25) is 9.69 Å². The van der Waals surface area contributed by atoms with E-state index in [9.17, 15) is 9.18 Å². The minimum atomic E-state index is -0.289. The smallest absolute Gasteiger partial charge is 0.238 e. The van der Waals surface area contributed by atoms with Crippen LogP contribution in [0.25, 0.3) is 0 Å². The summed E-state index contributed by atoms with van der Waals surface area (Å²) < 4.78 is 13.4. The number of hydrogen-bond donors (Lipinski definition) is 1. The highest BCUT2D eigenvalue weighted by molar-refractivity contribution is 5.92. The minimum absolute atomic E-state index is 0.0745. The number of halogens is 1. The molecule has 20 heavy (non-hydrogen) atoms. The average molecular weight is 278 g/mol. The van der Waals surface area contributed by atoms with Gasteiger partial charge in [-0.2, -0.15) is 0 Å². The van der Waals surface area contributed by atoms with Crippen molar-refractivity contribution in [1.29, 1.82) is 0 Å². The number of benzene rings is 1. The van der Waals surface area contributed by atoms with Crippen molar-refractivity contribution < 1.29 is 9.18 Å². The lowest BCUT2D eigenvalue weighted by Crippen LogP contribution is -2.42. The summed E-state index contributed by atoms with van der Waals surface area (Å²) in [6, 6.07) is 4.78. The molecule has 1 aromatic rings. The summed E-state index contributed by atoms with van der Waals surface area (Å²) in [6.45, 7) is 8.44. The topological polar surface area (TPSA) is 32.3 Å². The summed E-state index contributed by atoms with van der Waals surface area (Å²) in [6.07, 6.45) is 1.22. The Hall–Kier alpha value is -1.42. The summed E-state index contributed by atoms with van der Waals surface area (Å²) in [4.78, 5) is 14.2. The molecule has 1 saturated heterocycles. The van der Waals surface area contributed by atoms with Gasteiger partial charge >= 0.3 is 0 Å². The number of piperidine rings is 1. The van der Waals surface area contributed by atoms with Gasteiger partial charge < -0.3 is 5.32 Å². The molecular formula is C16H23FN2O. The Kier molecular flexibility index (Phi) is 4.76. The normalized spacial score (nSPS) is 23.6. The minimum Gasteiger partial charge on any atom is -0.325 e. The van der Waals surface area contributed by atoms with Gasteiger partial charge in [0.25, 0.3) is 0 Å². The number of carbonyl (C=O) groups is 1. The Labute approximate surface area is 120 Å². The van der Waals surface area contributed by atoms with E-state index >= 15 is 0 Å². The first-order valence-corrected chi connectivity index (χ1v) is 7.22. The molecule has 4 heteroatoms. The van der Waals surface area contributed by atoms with Crippen molar-refractivity contribution in [3.63, 3.8) is 0 Å². The third-order valence-corrected chi connectivity index (χ3v) is 3.77. The van der Waals surface area contributed by atoms with E-state index in [0.717, 1.165) is 13.1 Å². The van der Waals surface area contributed by atoms with Gasteiger partial charge in [0.15, 0.2) is 0 Å². The molecule has 0 aliphatic carbocycles. The van der Waals surface area contributed by atoms with Gasteiger partial charge in [0.05, 0.1) is 6.54 Å². The lowest BCUT2D eigenvalue weighted by atomic mass is 9.92. The van der Waals surface area contributed by atoms with Crippen molar-refractivity contribution in [2.45, 2.75) is 27.2 Å². The molecule has 2 rings (SSSR count). The third-order valence-electron chi connectivity index (χ3n) is 3.77. The molecule has 3 nitrogen and oxygen atoms in total.